The molecule has 0 saturated heterocycles. The summed E-state index contributed by atoms with van der Waals surface area (Å²) in [6.45, 7) is 22.0. The smallest absolute Gasteiger partial charge is 0.500 e. The Labute approximate surface area is 525 Å². The summed E-state index contributed by atoms with van der Waals surface area (Å²) in [4.78, 5) is 0. The molecule has 0 aliphatic carbocycles. The van der Waals surface area contributed by atoms with E-state index in [1.54, 1.807) is 11.8 Å². The average molecular weight is 1320 g/mol. The predicted molar refractivity (Wildman–Crippen MR) is 367 cm³/mol. The maximum absolute atomic E-state index is 5.90. The van der Waals surface area contributed by atoms with E-state index in [4.69, 9.17) is 12.8 Å². The molecular formula is C76H82P4Ru2+2. The van der Waals surface area contributed by atoms with Crippen molar-refractivity contribution in [2.24, 2.45) is 0 Å². The van der Waals surface area contributed by atoms with Crippen molar-refractivity contribution in [1.82, 2.24) is 0 Å². The molecule has 0 spiro atoms. The van der Waals surface area contributed by atoms with Crippen LogP contribution in [0, 0.1) is 93.9 Å². The minimum Gasteiger partial charge on any atom is -0.500 e. The third-order valence-corrected chi connectivity index (χ3v) is 28.2. The predicted octanol–water partition coefficient (Wildman–Crippen LogP) is 15.5. The van der Waals surface area contributed by atoms with Gasteiger partial charge in [-0.05, 0) is 97.1 Å². The van der Waals surface area contributed by atoms with Crippen molar-refractivity contribution in [1.29, 1.82) is 0 Å². The molecular weight excluding hydrogens is 1240 g/mol. The summed E-state index contributed by atoms with van der Waals surface area (Å²) < 4.78 is 0. The zero-order chi connectivity index (χ0) is 57.2. The Bertz CT molecular complexity index is 2720. The normalized spacial score (nSPS) is 10.2. The van der Waals surface area contributed by atoms with Gasteiger partial charge >= 0.3 is 39.0 Å². The van der Waals surface area contributed by atoms with Gasteiger partial charge in [-0.1, -0.05) is 215 Å². The van der Waals surface area contributed by atoms with Crippen molar-refractivity contribution < 1.29 is 39.0 Å². The summed E-state index contributed by atoms with van der Waals surface area (Å²) in [6, 6.07) is 89.0. The van der Waals surface area contributed by atoms with Crippen molar-refractivity contribution in [2.45, 2.75) is 69.2 Å². The Morgan fingerprint density at radius 3 is 0.463 bits per heavy atom. The van der Waals surface area contributed by atoms with Crippen LogP contribution >= 0.6 is 31.7 Å². The topological polar surface area (TPSA) is 0 Å². The molecule has 10 aromatic rings. The van der Waals surface area contributed by atoms with E-state index < -0.39 is 31.7 Å². The summed E-state index contributed by atoms with van der Waals surface area (Å²) in [7, 11) is -3.13. The van der Waals surface area contributed by atoms with E-state index in [9.17, 15) is 0 Å². The number of hydrogen-bond acceptors (Lipinski definition) is 0. The minimum atomic E-state index is -0.783. The molecule has 0 saturated carbocycles. The Morgan fingerprint density at radius 1 is 0.256 bits per heavy atom. The standard InChI is InChI=1S/2C26H24P2.2C10H15.C4.2Ru/c2*1-5-13-23(14-6-1)27(24-15-7-2-8-16-24)21-22-28(25-17-9-3-10-18-25)26-19-11-4-12-20-26;2*1-6-7(2)9(4)10(5)8(6)3;1-3-4-2;;/h2*1-20H,21-22H2;2*1-5H3;;;/q;;2*-1;-2;2*+1/p+4. The Balaban J connectivity index is 0.000000249. The van der Waals surface area contributed by atoms with Crippen molar-refractivity contribution >= 4 is 74.1 Å². The quantitative estimate of drug-likeness (QED) is 0.0441. The van der Waals surface area contributed by atoms with E-state index in [1.807, 2.05) is 0 Å². The van der Waals surface area contributed by atoms with Gasteiger partial charge in [-0.2, -0.15) is 55.6 Å². The molecule has 0 nitrogen and oxygen atoms in total. The van der Waals surface area contributed by atoms with E-state index in [0.29, 0.717) is 0 Å². The Kier molecular flexibility index (Phi) is 31.1. The van der Waals surface area contributed by atoms with Gasteiger partial charge < -0.3 is 24.7 Å². The summed E-state index contributed by atoms with van der Waals surface area (Å²) in [6.07, 6.45) is 16.8. The molecule has 82 heavy (non-hydrogen) atoms. The zero-order valence-corrected chi connectivity index (χ0v) is 57.1. The maximum Gasteiger partial charge on any atom is 1.00 e. The van der Waals surface area contributed by atoms with Crippen molar-refractivity contribution in [3.05, 3.63) is 311 Å². The van der Waals surface area contributed by atoms with Gasteiger partial charge in [-0.3, -0.25) is 0 Å². The molecule has 0 aliphatic heterocycles. The molecule has 10 rings (SSSR count). The van der Waals surface area contributed by atoms with Gasteiger partial charge in [0.1, 0.15) is 24.6 Å². The fourth-order valence-corrected chi connectivity index (χ4v) is 22.6. The van der Waals surface area contributed by atoms with Crippen LogP contribution in [-0.2, 0) is 39.0 Å². The molecule has 10 aromatic carbocycles. The molecule has 0 N–H and O–H groups in total. The maximum atomic E-state index is 5.90. The van der Waals surface area contributed by atoms with E-state index >= 15 is 0 Å². The third kappa shape index (κ3) is 20.1. The van der Waals surface area contributed by atoms with Crippen LogP contribution in [0.1, 0.15) is 55.6 Å². The zero-order valence-electron chi connectivity index (χ0n) is 49.6. The second-order valence-electron chi connectivity index (χ2n) is 20.3. The van der Waals surface area contributed by atoms with Crippen LogP contribution < -0.4 is 42.4 Å². The summed E-state index contributed by atoms with van der Waals surface area (Å²) >= 11 is 0. The van der Waals surface area contributed by atoms with Gasteiger partial charge in [0.05, 0.1) is 74.1 Å². The van der Waals surface area contributed by atoms with Gasteiger partial charge in [0, 0.05) is 0 Å². The molecule has 0 amide bonds. The molecule has 0 bridgehead atoms. The fourth-order valence-electron chi connectivity index (χ4n) is 10.2. The summed E-state index contributed by atoms with van der Waals surface area (Å²) in [5.74, 6) is 3.19. The van der Waals surface area contributed by atoms with E-state index in [2.05, 4.69) is 312 Å². The third-order valence-electron chi connectivity index (χ3n) is 15.9. The van der Waals surface area contributed by atoms with Crippen LogP contribution in [-0.4, -0.2) is 24.6 Å². The average Bonchev–Trinajstić information content (AvgIpc) is 3.95. The van der Waals surface area contributed by atoms with E-state index in [0.717, 1.165) is 0 Å². The largest absolute Gasteiger partial charge is 1.00 e. The number of rotatable bonds is 14. The van der Waals surface area contributed by atoms with Gasteiger partial charge in [0.25, 0.3) is 0 Å². The number of hydrogen-bond donors (Lipinski definition) is 0. The minimum absolute atomic E-state index is 0. The molecule has 0 atom stereocenters. The Morgan fingerprint density at radius 2 is 0.378 bits per heavy atom. The molecule has 0 aliphatic rings. The first kappa shape index (κ1) is 69.0. The SMILES string of the molecule is Cc1c(C)c(C)[c-](C)c1C.Cc1c(C)c(C)[c-](C)c1C.[C-]#CC#[C-].[Ru+].[Ru+].c1ccc([PH+](CC[PH+](c2ccccc2)c2ccccc2)c2ccccc2)cc1.c1ccc([PH+](CC[PH+](c2ccccc2)c2ccccc2)c2ccccc2)cc1. The monoisotopic (exact) mass is 1320 g/mol. The molecule has 0 unspecified atom stereocenters. The molecule has 420 valence electrons. The van der Waals surface area contributed by atoms with Crippen molar-refractivity contribution in [2.75, 3.05) is 24.6 Å². The molecule has 2 radical (unpaired) electrons. The van der Waals surface area contributed by atoms with Gasteiger partial charge in [0.15, 0.2) is 0 Å². The molecule has 0 aromatic heterocycles. The van der Waals surface area contributed by atoms with Crippen LogP contribution in [0.4, 0.5) is 0 Å². The van der Waals surface area contributed by atoms with Gasteiger partial charge in [0.2, 0.25) is 0 Å². The first-order valence-corrected chi connectivity index (χ1v) is 34.8. The fraction of sp³-hybridized carbons (Fsp3) is 0.184. The second kappa shape index (κ2) is 37.0. The van der Waals surface area contributed by atoms with Crippen LogP contribution in [0.2, 0.25) is 0 Å². The van der Waals surface area contributed by atoms with Crippen molar-refractivity contribution in [3.63, 3.8) is 0 Å². The molecule has 0 heterocycles. The summed E-state index contributed by atoms with van der Waals surface area (Å²) in [5.41, 5.74) is 14.7. The van der Waals surface area contributed by atoms with E-state index in [1.165, 1.54) is 123 Å². The van der Waals surface area contributed by atoms with Crippen molar-refractivity contribution in [3.8, 4) is 11.8 Å². The first-order chi connectivity index (χ1) is 38.9. The Hall–Kier alpha value is -5.45. The molecule has 0 fully saturated rings. The molecule has 6 heteroatoms. The van der Waals surface area contributed by atoms with E-state index in [-0.39, 0.29) is 39.0 Å². The summed E-state index contributed by atoms with van der Waals surface area (Å²) in [5, 5.41) is 12.1. The van der Waals surface area contributed by atoms with Gasteiger partial charge in [-0.15, -0.1) is 0 Å². The van der Waals surface area contributed by atoms with Crippen LogP contribution in [0.25, 0.3) is 0 Å². The second-order valence-corrected chi connectivity index (χ2v) is 30.8. The van der Waals surface area contributed by atoms with Crippen LogP contribution in [0.3, 0.4) is 0 Å². The van der Waals surface area contributed by atoms with Crippen LogP contribution in [0.5, 0.6) is 0 Å². The first-order valence-electron chi connectivity index (χ1n) is 27.9. The van der Waals surface area contributed by atoms with Crippen LogP contribution in [0.15, 0.2) is 243 Å². The van der Waals surface area contributed by atoms with Gasteiger partial charge in [-0.25, -0.2) is 0 Å². The number of benzene rings is 8.